The molecule has 2 rings (SSSR count). The number of benzene rings is 1. The number of aryl methyl sites for hydroxylation is 2. The summed E-state index contributed by atoms with van der Waals surface area (Å²) in [6, 6.07) is 5.10. The van der Waals surface area contributed by atoms with Gasteiger partial charge >= 0.3 is 5.97 Å². The first-order chi connectivity index (χ1) is 8.99. The first-order valence-electron chi connectivity index (χ1n) is 6.69. The second-order valence-electron chi connectivity index (χ2n) is 5.36. The molecule has 0 unspecified atom stereocenters. The minimum Gasteiger partial charge on any atom is -0.478 e. The van der Waals surface area contributed by atoms with Crippen molar-refractivity contribution in [2.45, 2.75) is 40.2 Å². The molecule has 0 saturated carbocycles. The lowest BCUT2D eigenvalue weighted by molar-refractivity contribution is 0.0697. The van der Waals surface area contributed by atoms with Crippen molar-refractivity contribution in [2.24, 2.45) is 5.92 Å². The van der Waals surface area contributed by atoms with Crippen molar-refractivity contribution in [1.82, 2.24) is 9.55 Å². The van der Waals surface area contributed by atoms with Gasteiger partial charge in [-0.1, -0.05) is 13.8 Å². The molecule has 19 heavy (non-hydrogen) atoms. The minimum absolute atomic E-state index is 0.317. The Labute approximate surface area is 113 Å². The van der Waals surface area contributed by atoms with Gasteiger partial charge < -0.3 is 9.67 Å². The van der Waals surface area contributed by atoms with E-state index in [0.29, 0.717) is 11.5 Å². The van der Waals surface area contributed by atoms with Gasteiger partial charge in [-0.15, -0.1) is 0 Å². The van der Waals surface area contributed by atoms with Crippen LogP contribution >= 0.6 is 0 Å². The van der Waals surface area contributed by atoms with Gasteiger partial charge in [0.2, 0.25) is 0 Å². The summed E-state index contributed by atoms with van der Waals surface area (Å²) in [7, 11) is 0. The Morgan fingerprint density at radius 1 is 1.42 bits per heavy atom. The van der Waals surface area contributed by atoms with E-state index in [1.54, 1.807) is 18.2 Å². The summed E-state index contributed by atoms with van der Waals surface area (Å²) >= 11 is 0. The highest BCUT2D eigenvalue weighted by molar-refractivity contribution is 5.92. The molecule has 0 aliphatic rings. The van der Waals surface area contributed by atoms with E-state index in [9.17, 15) is 4.79 Å². The Morgan fingerprint density at radius 2 is 2.16 bits per heavy atom. The summed E-state index contributed by atoms with van der Waals surface area (Å²) in [6.07, 6.45) is 2.25. The minimum atomic E-state index is -0.894. The lowest BCUT2D eigenvalue weighted by atomic mass is 10.1. The van der Waals surface area contributed by atoms with Crippen LogP contribution in [0.25, 0.3) is 11.0 Å². The van der Waals surface area contributed by atoms with E-state index in [1.807, 2.05) is 6.92 Å². The first-order valence-corrected chi connectivity index (χ1v) is 6.69. The molecule has 2 aromatic rings. The number of aromatic nitrogens is 2. The fourth-order valence-electron chi connectivity index (χ4n) is 2.32. The zero-order valence-electron chi connectivity index (χ0n) is 11.7. The van der Waals surface area contributed by atoms with E-state index in [1.165, 1.54) is 0 Å². The third kappa shape index (κ3) is 2.95. The van der Waals surface area contributed by atoms with Crippen molar-refractivity contribution in [1.29, 1.82) is 0 Å². The smallest absolute Gasteiger partial charge is 0.335 e. The Kier molecular flexibility index (Phi) is 3.88. The van der Waals surface area contributed by atoms with Gasteiger partial charge in [0.15, 0.2) is 0 Å². The molecule has 0 spiro atoms. The van der Waals surface area contributed by atoms with Gasteiger partial charge in [-0.2, -0.15) is 0 Å². The molecule has 0 radical (unpaired) electrons. The molecule has 1 aromatic heterocycles. The summed E-state index contributed by atoms with van der Waals surface area (Å²) in [5, 5.41) is 9.06. The third-order valence-corrected chi connectivity index (χ3v) is 3.35. The number of rotatable bonds is 5. The molecule has 4 nitrogen and oxygen atoms in total. The lowest BCUT2D eigenvalue weighted by Gasteiger charge is -2.08. The van der Waals surface area contributed by atoms with Crippen LogP contribution in [-0.2, 0) is 6.54 Å². The largest absolute Gasteiger partial charge is 0.478 e. The molecule has 0 amide bonds. The Hall–Kier alpha value is -1.84. The quantitative estimate of drug-likeness (QED) is 0.895. The van der Waals surface area contributed by atoms with E-state index in [2.05, 4.69) is 23.4 Å². The maximum absolute atomic E-state index is 11.0. The van der Waals surface area contributed by atoms with Gasteiger partial charge in [0, 0.05) is 6.54 Å². The van der Waals surface area contributed by atoms with Crippen LogP contribution in [0.1, 0.15) is 42.9 Å². The number of imidazole rings is 1. The van der Waals surface area contributed by atoms with Crippen LogP contribution < -0.4 is 0 Å². The second-order valence-corrected chi connectivity index (χ2v) is 5.36. The number of aromatic carboxylic acids is 1. The molecule has 0 fully saturated rings. The topological polar surface area (TPSA) is 55.1 Å². The Morgan fingerprint density at radius 3 is 2.79 bits per heavy atom. The summed E-state index contributed by atoms with van der Waals surface area (Å²) in [5.41, 5.74) is 2.10. The van der Waals surface area contributed by atoms with Crippen molar-refractivity contribution >= 4 is 17.0 Å². The molecular formula is C15H20N2O2. The highest BCUT2D eigenvalue weighted by Crippen LogP contribution is 2.19. The van der Waals surface area contributed by atoms with E-state index in [4.69, 9.17) is 5.11 Å². The average Bonchev–Trinajstić information content (AvgIpc) is 2.64. The number of carboxylic acids is 1. The molecule has 102 valence electrons. The van der Waals surface area contributed by atoms with E-state index in [-0.39, 0.29) is 0 Å². The SMILES string of the molecule is Cc1nc2ccc(C(=O)O)cc2n1CCCC(C)C. The lowest BCUT2D eigenvalue weighted by Crippen LogP contribution is -2.03. The van der Waals surface area contributed by atoms with E-state index in [0.717, 1.165) is 36.2 Å². The molecule has 1 N–H and O–H groups in total. The van der Waals surface area contributed by atoms with Crippen LogP contribution in [0.3, 0.4) is 0 Å². The third-order valence-electron chi connectivity index (χ3n) is 3.35. The highest BCUT2D eigenvalue weighted by Gasteiger charge is 2.10. The van der Waals surface area contributed by atoms with E-state index < -0.39 is 5.97 Å². The van der Waals surface area contributed by atoms with Crippen LogP contribution in [0.2, 0.25) is 0 Å². The molecule has 0 aliphatic carbocycles. The number of carbonyl (C=O) groups is 1. The second kappa shape index (κ2) is 5.43. The van der Waals surface area contributed by atoms with Crippen molar-refractivity contribution in [2.75, 3.05) is 0 Å². The molecule has 0 aliphatic heterocycles. The average molecular weight is 260 g/mol. The summed E-state index contributed by atoms with van der Waals surface area (Å²) in [6.45, 7) is 7.28. The van der Waals surface area contributed by atoms with Gasteiger partial charge in [-0.25, -0.2) is 9.78 Å². The molecule has 1 aromatic carbocycles. The standard InChI is InChI=1S/C15H20N2O2/c1-10(2)5-4-8-17-11(3)16-13-7-6-12(15(18)19)9-14(13)17/h6-7,9-10H,4-5,8H2,1-3H3,(H,18,19). The van der Waals surface area contributed by atoms with Crippen LogP contribution in [-0.4, -0.2) is 20.6 Å². The highest BCUT2D eigenvalue weighted by atomic mass is 16.4. The Bertz CT molecular complexity index is 599. The zero-order valence-corrected chi connectivity index (χ0v) is 11.7. The fraction of sp³-hybridized carbons (Fsp3) is 0.467. The normalized spacial score (nSPS) is 11.4. The number of carboxylic acid groups (broad SMARTS) is 1. The molecule has 1 heterocycles. The van der Waals surface area contributed by atoms with Crippen molar-refractivity contribution < 1.29 is 9.90 Å². The molecule has 4 heteroatoms. The summed E-state index contributed by atoms with van der Waals surface area (Å²) in [4.78, 5) is 15.5. The van der Waals surface area contributed by atoms with Gasteiger partial charge in [0.25, 0.3) is 0 Å². The molecule has 0 bridgehead atoms. The molecule has 0 saturated heterocycles. The maximum atomic E-state index is 11.0. The van der Waals surface area contributed by atoms with Gasteiger partial charge in [-0.3, -0.25) is 0 Å². The number of nitrogens with zero attached hydrogens (tertiary/aromatic N) is 2. The maximum Gasteiger partial charge on any atom is 0.335 e. The van der Waals surface area contributed by atoms with Crippen LogP contribution in [0, 0.1) is 12.8 Å². The molecule has 0 atom stereocenters. The number of fused-ring (bicyclic) bond motifs is 1. The van der Waals surface area contributed by atoms with Crippen LogP contribution in [0.5, 0.6) is 0 Å². The summed E-state index contributed by atoms with van der Waals surface area (Å²) < 4.78 is 2.12. The van der Waals surface area contributed by atoms with Crippen LogP contribution in [0.15, 0.2) is 18.2 Å². The van der Waals surface area contributed by atoms with E-state index >= 15 is 0 Å². The predicted molar refractivity (Wildman–Crippen MR) is 75.5 cm³/mol. The summed E-state index contributed by atoms with van der Waals surface area (Å²) in [5.74, 6) is 0.737. The van der Waals surface area contributed by atoms with Gasteiger partial charge in [-0.05, 0) is 43.9 Å². The van der Waals surface area contributed by atoms with Gasteiger partial charge in [0.1, 0.15) is 5.82 Å². The Balaban J connectivity index is 2.33. The van der Waals surface area contributed by atoms with Gasteiger partial charge in [0.05, 0.1) is 16.6 Å². The van der Waals surface area contributed by atoms with Crippen LogP contribution in [0.4, 0.5) is 0 Å². The monoisotopic (exact) mass is 260 g/mol. The molecular weight excluding hydrogens is 240 g/mol. The number of hydrogen-bond donors (Lipinski definition) is 1. The van der Waals surface area contributed by atoms with Crippen molar-refractivity contribution in [3.63, 3.8) is 0 Å². The van der Waals surface area contributed by atoms with Crippen molar-refractivity contribution in [3.05, 3.63) is 29.6 Å². The predicted octanol–water partition coefficient (Wildman–Crippen LogP) is 3.48. The van der Waals surface area contributed by atoms with Crippen molar-refractivity contribution in [3.8, 4) is 0 Å². The fourth-order valence-corrected chi connectivity index (χ4v) is 2.32. The first kappa shape index (κ1) is 13.6. The zero-order chi connectivity index (χ0) is 14.0. The number of hydrogen-bond acceptors (Lipinski definition) is 2.